The Hall–Kier alpha value is -4.54. The van der Waals surface area contributed by atoms with Gasteiger partial charge in [0.1, 0.15) is 5.69 Å². The second-order valence-corrected chi connectivity index (χ2v) is 10.4. The van der Waals surface area contributed by atoms with Crippen molar-refractivity contribution < 1.29 is 14.6 Å². The van der Waals surface area contributed by atoms with Gasteiger partial charge < -0.3 is 29.9 Å². The fraction of sp³-hybridized carbons (Fsp3) is 0.290. The van der Waals surface area contributed by atoms with E-state index in [-0.39, 0.29) is 18.1 Å². The average molecular weight is 553 g/mol. The quantitative estimate of drug-likeness (QED) is 0.299. The number of rotatable bonds is 8. The van der Waals surface area contributed by atoms with E-state index in [2.05, 4.69) is 25.7 Å². The Labute approximate surface area is 237 Å². The van der Waals surface area contributed by atoms with Crippen molar-refractivity contribution in [3.05, 3.63) is 93.9 Å². The van der Waals surface area contributed by atoms with Crippen LogP contribution in [0.2, 0.25) is 0 Å². The van der Waals surface area contributed by atoms with E-state index in [4.69, 9.17) is 4.74 Å². The normalized spacial score (nSPS) is 15.0. The molecular weight excluding hydrogens is 520 g/mol. The molecule has 210 valence electrons. The van der Waals surface area contributed by atoms with Gasteiger partial charge in [0.15, 0.2) is 11.6 Å². The third-order valence-electron chi connectivity index (χ3n) is 7.55. The van der Waals surface area contributed by atoms with Gasteiger partial charge in [-0.25, -0.2) is 0 Å². The summed E-state index contributed by atoms with van der Waals surface area (Å²) >= 11 is 0. The van der Waals surface area contributed by atoms with Crippen LogP contribution in [0.4, 0.5) is 23.0 Å². The molecule has 4 aromatic rings. The lowest BCUT2D eigenvalue weighted by atomic mass is 9.99. The van der Waals surface area contributed by atoms with Crippen LogP contribution in [0.3, 0.4) is 0 Å². The molecule has 0 atom stereocenters. The Morgan fingerprint density at radius 1 is 1.02 bits per heavy atom. The van der Waals surface area contributed by atoms with Crippen molar-refractivity contribution in [3.63, 3.8) is 0 Å². The molecule has 41 heavy (non-hydrogen) atoms. The molecule has 0 bridgehead atoms. The van der Waals surface area contributed by atoms with E-state index in [1.54, 1.807) is 31.4 Å². The molecule has 1 saturated heterocycles. The van der Waals surface area contributed by atoms with E-state index in [0.29, 0.717) is 58.6 Å². The summed E-state index contributed by atoms with van der Waals surface area (Å²) in [5, 5.41) is 25.0. The lowest BCUT2D eigenvalue weighted by Gasteiger charge is -2.27. The van der Waals surface area contributed by atoms with E-state index < -0.39 is 0 Å². The summed E-state index contributed by atoms with van der Waals surface area (Å²) in [6.07, 6.45) is 4.11. The van der Waals surface area contributed by atoms with E-state index in [9.17, 15) is 14.7 Å². The highest BCUT2D eigenvalue weighted by atomic mass is 16.5. The van der Waals surface area contributed by atoms with Crippen LogP contribution >= 0.6 is 0 Å². The first-order valence-electron chi connectivity index (χ1n) is 13.8. The minimum atomic E-state index is -0.299. The van der Waals surface area contributed by atoms with Crippen molar-refractivity contribution in [1.82, 2.24) is 14.8 Å². The number of nitrogens with one attached hydrogen (secondary N) is 2. The Kier molecular flexibility index (Phi) is 7.49. The fourth-order valence-corrected chi connectivity index (χ4v) is 5.10. The van der Waals surface area contributed by atoms with Crippen LogP contribution in [0.15, 0.2) is 71.7 Å². The highest BCUT2D eigenvalue weighted by Crippen LogP contribution is 2.40. The summed E-state index contributed by atoms with van der Waals surface area (Å²) in [6, 6.07) is 18.5. The van der Waals surface area contributed by atoms with Gasteiger partial charge in [0.25, 0.3) is 11.5 Å². The van der Waals surface area contributed by atoms with Crippen LogP contribution in [-0.2, 0) is 18.4 Å². The summed E-state index contributed by atoms with van der Waals surface area (Å²) in [5.41, 5.74) is 4.34. The predicted octanol–water partition coefficient (Wildman–Crippen LogP) is 4.04. The number of carbonyl (C=O) groups excluding carboxylic acids is 1. The summed E-state index contributed by atoms with van der Waals surface area (Å²) in [7, 11) is 1.67. The van der Waals surface area contributed by atoms with Crippen LogP contribution in [0.5, 0.6) is 0 Å². The minimum Gasteiger partial charge on any atom is -0.392 e. The lowest BCUT2D eigenvalue weighted by Crippen LogP contribution is -2.36. The molecule has 6 rings (SSSR count). The molecule has 2 aromatic heterocycles. The van der Waals surface area contributed by atoms with Crippen molar-refractivity contribution in [2.45, 2.75) is 25.4 Å². The van der Waals surface area contributed by atoms with Crippen LogP contribution in [-0.4, -0.2) is 52.1 Å². The van der Waals surface area contributed by atoms with E-state index in [1.165, 1.54) is 23.0 Å². The second kappa shape index (κ2) is 11.5. The number of ether oxygens (including phenoxy) is 1. The predicted molar refractivity (Wildman–Crippen MR) is 158 cm³/mol. The number of carbonyl (C=O) groups is 1. The van der Waals surface area contributed by atoms with Gasteiger partial charge in [0, 0.05) is 48.7 Å². The van der Waals surface area contributed by atoms with Gasteiger partial charge in [-0.2, -0.15) is 0 Å². The maximum absolute atomic E-state index is 13.0. The smallest absolute Gasteiger partial charge is 0.274 e. The van der Waals surface area contributed by atoms with Gasteiger partial charge in [-0.1, -0.05) is 24.3 Å². The van der Waals surface area contributed by atoms with Gasteiger partial charge in [-0.05, 0) is 66.3 Å². The second-order valence-electron chi connectivity index (χ2n) is 10.4. The molecule has 1 saturated carbocycles. The molecule has 2 aliphatic rings. The zero-order valence-electron chi connectivity index (χ0n) is 22.8. The van der Waals surface area contributed by atoms with Crippen molar-refractivity contribution in [3.8, 4) is 11.1 Å². The molecule has 10 heteroatoms. The maximum atomic E-state index is 13.0. The third-order valence-corrected chi connectivity index (χ3v) is 7.55. The van der Waals surface area contributed by atoms with Crippen molar-refractivity contribution in [1.29, 1.82) is 0 Å². The molecule has 0 radical (unpaired) electrons. The summed E-state index contributed by atoms with van der Waals surface area (Å²) in [6.45, 7) is 2.51. The number of aliphatic hydroxyl groups excluding tert-OH is 1. The number of amides is 1. The number of hydrogen-bond donors (Lipinski definition) is 3. The van der Waals surface area contributed by atoms with Gasteiger partial charge in [0.05, 0.1) is 19.8 Å². The Morgan fingerprint density at radius 3 is 2.49 bits per heavy atom. The number of morpholine rings is 1. The molecule has 10 nitrogen and oxygen atoms in total. The van der Waals surface area contributed by atoms with Crippen LogP contribution in [0.1, 0.15) is 40.2 Å². The monoisotopic (exact) mass is 552 g/mol. The molecule has 0 unspecified atom stereocenters. The average Bonchev–Trinajstić information content (AvgIpc) is 3.86. The van der Waals surface area contributed by atoms with Crippen LogP contribution in [0.25, 0.3) is 11.1 Å². The van der Waals surface area contributed by atoms with Gasteiger partial charge in [-0.15, -0.1) is 10.2 Å². The first-order chi connectivity index (χ1) is 20.0. The molecule has 1 amide bonds. The summed E-state index contributed by atoms with van der Waals surface area (Å²) < 4.78 is 6.87. The van der Waals surface area contributed by atoms with E-state index in [0.717, 1.165) is 18.9 Å². The fourth-order valence-electron chi connectivity index (χ4n) is 5.10. The van der Waals surface area contributed by atoms with Crippen molar-refractivity contribution >= 4 is 28.9 Å². The topological polar surface area (TPSA) is 122 Å². The number of pyridine rings is 1. The molecule has 3 N–H and O–H groups in total. The number of hydrogen-bond acceptors (Lipinski definition) is 8. The first-order valence-corrected chi connectivity index (χ1v) is 13.8. The zero-order chi connectivity index (χ0) is 28.3. The maximum Gasteiger partial charge on any atom is 0.274 e. The summed E-state index contributed by atoms with van der Waals surface area (Å²) in [4.78, 5) is 28.1. The number of benzene rings is 2. The van der Waals surface area contributed by atoms with Gasteiger partial charge in [0.2, 0.25) is 0 Å². The highest BCUT2D eigenvalue weighted by molar-refractivity contribution is 6.05. The third kappa shape index (κ3) is 5.84. The number of anilines is 4. The standard InChI is InChI=1S/C31H32N6O4/c1-36-18-23(17-27(31(36)40)32-28-11-12-29(35-34-28)37-13-15-41-16-14-37)24-3-2-4-26(25(24)19-38)33-30(39)22-9-7-21(8-10-22)20-5-6-20/h2-4,7-12,17-18,20,38H,5-6,13-16,19H2,1H3,(H,32,34)(H,33,39). The minimum absolute atomic E-state index is 0.238. The first kappa shape index (κ1) is 26.7. The number of aryl methyl sites for hydroxylation is 1. The Morgan fingerprint density at radius 2 is 1.80 bits per heavy atom. The highest BCUT2D eigenvalue weighted by Gasteiger charge is 2.23. The van der Waals surface area contributed by atoms with Crippen molar-refractivity contribution in [2.75, 3.05) is 41.8 Å². The lowest BCUT2D eigenvalue weighted by molar-refractivity contribution is 0.102. The van der Waals surface area contributed by atoms with Crippen LogP contribution in [0, 0.1) is 0 Å². The molecule has 2 fully saturated rings. The van der Waals surface area contributed by atoms with E-state index in [1.807, 2.05) is 42.5 Å². The number of aromatic nitrogens is 3. The SMILES string of the molecule is Cn1cc(-c2cccc(NC(=O)c3ccc(C4CC4)cc3)c2CO)cc(Nc2ccc(N3CCOCC3)nn2)c1=O. The zero-order valence-corrected chi connectivity index (χ0v) is 22.8. The molecule has 2 aromatic carbocycles. The summed E-state index contributed by atoms with van der Waals surface area (Å²) in [5.74, 6) is 1.56. The molecule has 1 aliphatic heterocycles. The Balaban J connectivity index is 1.24. The van der Waals surface area contributed by atoms with E-state index >= 15 is 0 Å². The molecule has 0 spiro atoms. The Bertz CT molecular complexity index is 1610. The molecule has 3 heterocycles. The molecule has 1 aliphatic carbocycles. The van der Waals surface area contributed by atoms with Crippen molar-refractivity contribution in [2.24, 2.45) is 7.05 Å². The number of aliphatic hydroxyl groups is 1. The van der Waals surface area contributed by atoms with Gasteiger partial charge >= 0.3 is 0 Å². The number of nitrogens with zero attached hydrogens (tertiary/aromatic N) is 4. The largest absolute Gasteiger partial charge is 0.392 e. The van der Waals surface area contributed by atoms with Crippen LogP contribution < -0.4 is 21.1 Å². The molecular formula is C31H32N6O4. The van der Waals surface area contributed by atoms with Gasteiger partial charge in [-0.3, -0.25) is 9.59 Å².